The first-order valence-corrected chi connectivity index (χ1v) is 11.4. The second kappa shape index (κ2) is 8.08. The molecule has 1 saturated heterocycles. The number of hydrogen-bond acceptors (Lipinski definition) is 5. The monoisotopic (exact) mass is 429 g/mol. The molecule has 4 rings (SSSR count). The molecule has 1 aromatic heterocycles. The third-order valence-electron chi connectivity index (χ3n) is 5.32. The Hall–Kier alpha value is -2.91. The quantitative estimate of drug-likeness (QED) is 0.649. The van der Waals surface area contributed by atoms with Gasteiger partial charge in [0.25, 0.3) is 0 Å². The molecule has 158 valence electrons. The van der Waals surface area contributed by atoms with Crippen LogP contribution in [0.3, 0.4) is 0 Å². The van der Waals surface area contributed by atoms with Crippen LogP contribution in [0.5, 0.6) is 0 Å². The van der Waals surface area contributed by atoms with Gasteiger partial charge in [0.2, 0.25) is 15.9 Å². The second-order valence-corrected chi connectivity index (χ2v) is 9.19. The zero-order valence-corrected chi connectivity index (χ0v) is 17.4. The van der Waals surface area contributed by atoms with Gasteiger partial charge in [0.05, 0.1) is 10.4 Å². The first kappa shape index (κ1) is 20.4. The van der Waals surface area contributed by atoms with Gasteiger partial charge in [0.1, 0.15) is 6.54 Å². The van der Waals surface area contributed by atoms with Gasteiger partial charge in [-0.25, -0.2) is 13.2 Å². The third kappa shape index (κ3) is 3.78. The van der Waals surface area contributed by atoms with Crippen molar-refractivity contribution in [3.05, 3.63) is 58.6 Å². The highest BCUT2D eigenvalue weighted by atomic mass is 32.2. The average Bonchev–Trinajstić information content (AvgIpc) is 3.37. The number of benzene rings is 2. The molecule has 0 aliphatic carbocycles. The molecule has 0 radical (unpaired) electrons. The zero-order chi connectivity index (χ0) is 21.3. The molecule has 0 bridgehead atoms. The van der Waals surface area contributed by atoms with E-state index in [1.54, 1.807) is 0 Å². The molecule has 0 saturated carbocycles. The first-order chi connectivity index (χ1) is 14.4. The normalized spacial score (nSPS) is 15.0. The molecule has 2 heterocycles. The molecule has 0 atom stereocenters. The van der Waals surface area contributed by atoms with Crippen molar-refractivity contribution in [1.29, 1.82) is 0 Å². The third-order valence-corrected chi connectivity index (χ3v) is 7.21. The number of fused-ring (bicyclic) bond motifs is 1. The highest BCUT2D eigenvalue weighted by Crippen LogP contribution is 2.24. The van der Waals surface area contributed by atoms with Gasteiger partial charge in [-0.15, -0.1) is 0 Å². The van der Waals surface area contributed by atoms with Crippen molar-refractivity contribution in [2.75, 3.05) is 18.4 Å². The number of aromatic nitrogens is 1. The Morgan fingerprint density at radius 3 is 2.60 bits per heavy atom. The Bertz CT molecular complexity index is 1250. The van der Waals surface area contributed by atoms with Crippen LogP contribution in [0.1, 0.15) is 25.3 Å². The lowest BCUT2D eigenvalue weighted by Gasteiger charge is -2.15. The number of oxazole rings is 1. The Morgan fingerprint density at radius 1 is 1.13 bits per heavy atom. The summed E-state index contributed by atoms with van der Waals surface area (Å²) in [5.41, 5.74) is 2.21. The van der Waals surface area contributed by atoms with Crippen molar-refractivity contribution in [2.45, 2.75) is 37.6 Å². The van der Waals surface area contributed by atoms with E-state index in [-0.39, 0.29) is 22.9 Å². The molecule has 1 amide bonds. The number of sulfonamides is 1. The Labute approximate surface area is 174 Å². The minimum absolute atomic E-state index is 0.0825. The van der Waals surface area contributed by atoms with Gasteiger partial charge in [-0.3, -0.25) is 9.36 Å². The Kier molecular flexibility index (Phi) is 5.48. The molecular weight excluding hydrogens is 406 g/mol. The lowest BCUT2D eigenvalue weighted by atomic mass is 10.1. The van der Waals surface area contributed by atoms with Gasteiger partial charge in [-0.2, -0.15) is 4.31 Å². The minimum Gasteiger partial charge on any atom is -0.408 e. The summed E-state index contributed by atoms with van der Waals surface area (Å²) in [6.45, 7) is 2.74. The fraction of sp³-hybridized carbons (Fsp3) is 0.333. The highest BCUT2D eigenvalue weighted by Gasteiger charge is 2.28. The number of nitrogens with zero attached hydrogens (tertiary/aromatic N) is 2. The summed E-state index contributed by atoms with van der Waals surface area (Å²) in [5.74, 6) is -1.07. The molecule has 9 heteroatoms. The molecule has 1 fully saturated rings. The fourth-order valence-electron chi connectivity index (χ4n) is 3.72. The van der Waals surface area contributed by atoms with Gasteiger partial charge in [-0.1, -0.05) is 25.1 Å². The van der Waals surface area contributed by atoms with E-state index in [9.17, 15) is 18.0 Å². The van der Waals surface area contributed by atoms with E-state index in [1.165, 1.54) is 27.1 Å². The van der Waals surface area contributed by atoms with Crippen molar-refractivity contribution >= 4 is 32.7 Å². The molecule has 30 heavy (non-hydrogen) atoms. The maximum Gasteiger partial charge on any atom is 0.420 e. The summed E-state index contributed by atoms with van der Waals surface area (Å²) in [4.78, 5) is 24.9. The summed E-state index contributed by atoms with van der Waals surface area (Å²) < 4.78 is 33.4. The number of carbonyl (C=O) groups is 1. The van der Waals surface area contributed by atoms with E-state index >= 15 is 0 Å². The molecule has 0 spiro atoms. The van der Waals surface area contributed by atoms with Gasteiger partial charge < -0.3 is 9.73 Å². The topological polar surface area (TPSA) is 102 Å². The van der Waals surface area contributed by atoms with Crippen LogP contribution in [0.2, 0.25) is 0 Å². The smallest absolute Gasteiger partial charge is 0.408 e. The van der Waals surface area contributed by atoms with Crippen LogP contribution in [0, 0.1) is 0 Å². The molecule has 1 aliphatic rings. The molecule has 3 aromatic rings. The number of hydrogen-bond donors (Lipinski definition) is 1. The van der Waals surface area contributed by atoms with Gasteiger partial charge in [-0.05, 0) is 43.0 Å². The first-order valence-electron chi connectivity index (χ1n) is 9.91. The summed E-state index contributed by atoms with van der Waals surface area (Å²) in [6.07, 6.45) is 2.44. The number of para-hydroxylation sites is 1. The van der Waals surface area contributed by atoms with Gasteiger partial charge >= 0.3 is 5.76 Å². The number of aryl methyl sites for hydroxylation is 1. The highest BCUT2D eigenvalue weighted by molar-refractivity contribution is 7.89. The van der Waals surface area contributed by atoms with Crippen LogP contribution < -0.4 is 11.1 Å². The molecular formula is C21H23N3O5S. The van der Waals surface area contributed by atoms with Crippen LogP contribution in [0.4, 0.5) is 5.69 Å². The molecule has 1 aliphatic heterocycles. The van der Waals surface area contributed by atoms with Crippen LogP contribution in [0.15, 0.2) is 56.6 Å². The van der Waals surface area contributed by atoms with Gasteiger partial charge in [0, 0.05) is 24.8 Å². The summed E-state index contributed by atoms with van der Waals surface area (Å²) >= 11 is 0. The molecule has 1 N–H and O–H groups in total. The van der Waals surface area contributed by atoms with Gasteiger partial charge in [0.15, 0.2) is 5.58 Å². The standard InChI is InChI=1S/C21H23N3O5S/c1-2-15-7-3-4-8-17(15)22-20(25)14-24-18-10-9-16(13-19(18)29-21(24)26)30(27,28)23-11-5-6-12-23/h3-4,7-10,13H,2,5-6,11-12,14H2,1H3,(H,22,25). The largest absolute Gasteiger partial charge is 0.420 e. The number of anilines is 1. The molecule has 0 unspecified atom stereocenters. The Morgan fingerprint density at radius 2 is 1.87 bits per heavy atom. The second-order valence-electron chi connectivity index (χ2n) is 7.25. The lowest BCUT2D eigenvalue weighted by Crippen LogP contribution is -2.27. The van der Waals surface area contributed by atoms with Crippen molar-refractivity contribution in [1.82, 2.24) is 8.87 Å². The average molecular weight is 429 g/mol. The number of rotatable bonds is 6. The van der Waals surface area contributed by atoms with Crippen LogP contribution in [0.25, 0.3) is 11.1 Å². The van der Waals surface area contributed by atoms with E-state index in [0.717, 1.165) is 24.8 Å². The fourth-order valence-corrected chi connectivity index (χ4v) is 5.25. The SMILES string of the molecule is CCc1ccccc1NC(=O)Cn1c(=O)oc2cc(S(=O)(=O)N3CCCC3)ccc21. The Balaban J connectivity index is 1.60. The van der Waals surface area contributed by atoms with Crippen molar-refractivity contribution in [2.24, 2.45) is 0 Å². The predicted molar refractivity (Wildman–Crippen MR) is 113 cm³/mol. The summed E-state index contributed by atoms with van der Waals surface area (Å²) in [5, 5.41) is 2.82. The molecule has 2 aromatic carbocycles. The van der Waals surface area contributed by atoms with Crippen molar-refractivity contribution < 1.29 is 17.6 Å². The maximum atomic E-state index is 12.7. The molecule has 8 nitrogen and oxygen atoms in total. The number of carbonyl (C=O) groups excluding carboxylic acids is 1. The van der Waals surface area contributed by atoms with Crippen molar-refractivity contribution in [3.63, 3.8) is 0 Å². The lowest BCUT2D eigenvalue weighted by molar-refractivity contribution is -0.116. The predicted octanol–water partition coefficient (Wildman–Crippen LogP) is 2.58. The maximum absolute atomic E-state index is 12.7. The summed E-state index contributed by atoms with van der Waals surface area (Å²) in [7, 11) is -3.62. The zero-order valence-electron chi connectivity index (χ0n) is 16.6. The van der Waals surface area contributed by atoms with E-state index in [0.29, 0.717) is 24.3 Å². The van der Waals surface area contributed by atoms with Crippen LogP contribution >= 0.6 is 0 Å². The van der Waals surface area contributed by atoms with Crippen LogP contribution in [-0.2, 0) is 27.8 Å². The summed E-state index contributed by atoms with van der Waals surface area (Å²) in [6, 6.07) is 11.8. The van der Waals surface area contributed by atoms with Crippen molar-refractivity contribution in [3.8, 4) is 0 Å². The van der Waals surface area contributed by atoms with E-state index in [1.807, 2.05) is 31.2 Å². The number of nitrogens with one attached hydrogen (secondary N) is 1. The van der Waals surface area contributed by atoms with E-state index in [2.05, 4.69) is 5.32 Å². The number of amides is 1. The minimum atomic E-state index is -3.62. The van der Waals surface area contributed by atoms with Crippen LogP contribution in [-0.4, -0.2) is 36.3 Å². The van der Waals surface area contributed by atoms with E-state index < -0.39 is 15.8 Å². The van der Waals surface area contributed by atoms with E-state index in [4.69, 9.17) is 4.42 Å².